The number of carbonyl (C=O) groups is 1. The topological polar surface area (TPSA) is 44.1 Å². The van der Waals surface area contributed by atoms with E-state index in [9.17, 15) is 9.18 Å². The van der Waals surface area contributed by atoms with Crippen molar-refractivity contribution < 1.29 is 13.9 Å². The van der Waals surface area contributed by atoms with Crippen LogP contribution in [0.25, 0.3) is 5.69 Å². The smallest absolute Gasteiger partial charge is 0.374 e. The maximum Gasteiger partial charge on any atom is 0.374 e. The lowest BCUT2D eigenvalue weighted by Gasteiger charge is -2.06. The summed E-state index contributed by atoms with van der Waals surface area (Å²) in [4.78, 5) is 15.5. The highest BCUT2D eigenvalue weighted by atomic mass is 19.1. The van der Waals surface area contributed by atoms with E-state index in [-0.39, 0.29) is 18.2 Å². The van der Waals surface area contributed by atoms with Crippen molar-refractivity contribution in [2.45, 2.75) is 6.92 Å². The molecule has 0 amide bonds. The summed E-state index contributed by atoms with van der Waals surface area (Å²) < 4.78 is 19.2. The number of benzene rings is 1. The standard InChI is InChI=1S/C12H11FN2O2/c1-2-17-12(16)11-14-7-8-15(11)10-5-3-9(13)4-6-10/h3-8H,2H2,1H3. The van der Waals surface area contributed by atoms with Gasteiger partial charge in [0.05, 0.1) is 6.61 Å². The summed E-state index contributed by atoms with van der Waals surface area (Å²) >= 11 is 0. The molecule has 1 aromatic heterocycles. The van der Waals surface area contributed by atoms with Crippen molar-refractivity contribution in [3.63, 3.8) is 0 Å². The molecule has 0 spiro atoms. The van der Waals surface area contributed by atoms with Gasteiger partial charge in [0.15, 0.2) is 0 Å². The van der Waals surface area contributed by atoms with Crippen LogP contribution in [0, 0.1) is 5.82 Å². The quantitative estimate of drug-likeness (QED) is 0.764. The Balaban J connectivity index is 2.36. The SMILES string of the molecule is CCOC(=O)c1nccn1-c1ccc(F)cc1. The molecule has 0 N–H and O–H groups in total. The third-order valence-electron chi connectivity index (χ3n) is 2.20. The van der Waals surface area contributed by atoms with E-state index in [0.717, 1.165) is 0 Å². The van der Waals surface area contributed by atoms with Gasteiger partial charge in [0, 0.05) is 18.1 Å². The second-order valence-corrected chi connectivity index (χ2v) is 3.32. The van der Waals surface area contributed by atoms with Gasteiger partial charge in [-0.3, -0.25) is 4.57 Å². The molecule has 2 rings (SSSR count). The van der Waals surface area contributed by atoms with Gasteiger partial charge < -0.3 is 4.74 Å². The van der Waals surface area contributed by atoms with Gasteiger partial charge in [-0.05, 0) is 31.2 Å². The van der Waals surface area contributed by atoms with Gasteiger partial charge in [0.2, 0.25) is 5.82 Å². The Bertz CT molecular complexity index is 520. The Morgan fingerprint density at radius 3 is 2.76 bits per heavy atom. The van der Waals surface area contributed by atoms with E-state index < -0.39 is 5.97 Å². The fraction of sp³-hybridized carbons (Fsp3) is 0.167. The van der Waals surface area contributed by atoms with Gasteiger partial charge >= 0.3 is 5.97 Å². The Labute approximate surface area is 97.7 Å². The molecule has 0 radical (unpaired) electrons. The van der Waals surface area contributed by atoms with Crippen LogP contribution < -0.4 is 0 Å². The van der Waals surface area contributed by atoms with Crippen LogP contribution in [-0.4, -0.2) is 22.1 Å². The summed E-state index contributed by atoms with van der Waals surface area (Å²) in [5, 5.41) is 0. The van der Waals surface area contributed by atoms with Gasteiger partial charge in [0.1, 0.15) is 5.82 Å². The molecule has 0 aliphatic rings. The number of hydrogen-bond acceptors (Lipinski definition) is 3. The zero-order valence-corrected chi connectivity index (χ0v) is 9.26. The van der Waals surface area contributed by atoms with E-state index in [1.165, 1.54) is 18.3 Å². The van der Waals surface area contributed by atoms with Gasteiger partial charge in [-0.2, -0.15) is 0 Å². The van der Waals surface area contributed by atoms with Crippen molar-refractivity contribution in [2.75, 3.05) is 6.61 Å². The van der Waals surface area contributed by atoms with Crippen molar-refractivity contribution in [1.82, 2.24) is 9.55 Å². The summed E-state index contributed by atoms with van der Waals surface area (Å²) in [6.45, 7) is 2.01. The van der Waals surface area contributed by atoms with Crippen molar-refractivity contribution >= 4 is 5.97 Å². The molecule has 17 heavy (non-hydrogen) atoms. The van der Waals surface area contributed by atoms with Gasteiger partial charge in [-0.25, -0.2) is 14.2 Å². The highest BCUT2D eigenvalue weighted by molar-refractivity contribution is 5.86. The number of esters is 1. The van der Waals surface area contributed by atoms with Crippen molar-refractivity contribution in [2.24, 2.45) is 0 Å². The highest BCUT2D eigenvalue weighted by Gasteiger charge is 2.14. The van der Waals surface area contributed by atoms with E-state index in [2.05, 4.69) is 4.98 Å². The minimum atomic E-state index is -0.498. The molecule has 88 valence electrons. The predicted octanol–water partition coefficient (Wildman–Crippen LogP) is 2.19. The van der Waals surface area contributed by atoms with E-state index in [4.69, 9.17) is 4.74 Å². The normalized spacial score (nSPS) is 10.2. The Morgan fingerprint density at radius 1 is 1.41 bits per heavy atom. The summed E-state index contributed by atoms with van der Waals surface area (Å²) in [7, 11) is 0. The number of nitrogens with zero attached hydrogens (tertiary/aromatic N) is 2. The molecule has 0 aliphatic carbocycles. The Kier molecular flexibility index (Phi) is 3.18. The van der Waals surface area contributed by atoms with Crippen molar-refractivity contribution in [3.8, 4) is 5.69 Å². The largest absolute Gasteiger partial charge is 0.460 e. The number of carbonyl (C=O) groups excluding carboxylic acids is 1. The first-order chi connectivity index (χ1) is 8.22. The number of imidazole rings is 1. The first-order valence-corrected chi connectivity index (χ1v) is 5.18. The zero-order valence-electron chi connectivity index (χ0n) is 9.26. The van der Waals surface area contributed by atoms with Crippen molar-refractivity contribution in [3.05, 3.63) is 48.3 Å². The van der Waals surface area contributed by atoms with Crippen LogP contribution in [-0.2, 0) is 4.74 Å². The monoisotopic (exact) mass is 234 g/mol. The number of aromatic nitrogens is 2. The molecule has 0 saturated heterocycles. The molecular weight excluding hydrogens is 223 g/mol. The molecule has 2 aromatic rings. The van der Waals surface area contributed by atoms with Crippen molar-refractivity contribution in [1.29, 1.82) is 0 Å². The predicted molar refractivity (Wildman–Crippen MR) is 59.5 cm³/mol. The molecule has 0 unspecified atom stereocenters. The average molecular weight is 234 g/mol. The first-order valence-electron chi connectivity index (χ1n) is 5.18. The average Bonchev–Trinajstić information content (AvgIpc) is 2.79. The van der Waals surface area contributed by atoms with Crippen LogP contribution in [0.2, 0.25) is 0 Å². The van der Waals surface area contributed by atoms with Crippen LogP contribution >= 0.6 is 0 Å². The zero-order chi connectivity index (χ0) is 12.3. The summed E-state index contributed by atoms with van der Waals surface area (Å²) in [5.74, 6) is -0.646. The van der Waals surface area contributed by atoms with E-state index in [1.54, 1.807) is 29.8 Å². The lowest BCUT2D eigenvalue weighted by Crippen LogP contribution is -2.12. The summed E-state index contributed by atoms with van der Waals surface area (Å²) in [6, 6.07) is 5.79. The third-order valence-corrected chi connectivity index (χ3v) is 2.20. The number of ether oxygens (including phenoxy) is 1. The van der Waals surface area contributed by atoms with E-state index >= 15 is 0 Å². The molecule has 1 heterocycles. The fourth-order valence-corrected chi connectivity index (χ4v) is 1.46. The summed E-state index contributed by atoms with van der Waals surface area (Å²) in [6.07, 6.45) is 3.12. The molecule has 0 saturated carbocycles. The summed E-state index contributed by atoms with van der Waals surface area (Å²) in [5.41, 5.74) is 0.659. The Hall–Kier alpha value is -2.17. The second kappa shape index (κ2) is 4.78. The van der Waals surface area contributed by atoms with Crippen LogP contribution in [0.3, 0.4) is 0 Å². The van der Waals surface area contributed by atoms with Crippen LogP contribution in [0.5, 0.6) is 0 Å². The van der Waals surface area contributed by atoms with E-state index in [0.29, 0.717) is 5.69 Å². The third kappa shape index (κ3) is 2.33. The minimum Gasteiger partial charge on any atom is -0.460 e. The lowest BCUT2D eigenvalue weighted by atomic mass is 10.3. The van der Waals surface area contributed by atoms with Gasteiger partial charge in [-0.15, -0.1) is 0 Å². The fourth-order valence-electron chi connectivity index (χ4n) is 1.46. The molecule has 0 atom stereocenters. The van der Waals surface area contributed by atoms with Crippen LogP contribution in [0.1, 0.15) is 17.5 Å². The molecule has 5 heteroatoms. The van der Waals surface area contributed by atoms with Gasteiger partial charge in [0.25, 0.3) is 0 Å². The maximum atomic E-state index is 12.8. The van der Waals surface area contributed by atoms with Crippen LogP contribution in [0.15, 0.2) is 36.7 Å². The minimum absolute atomic E-state index is 0.179. The number of rotatable bonds is 3. The first kappa shape index (κ1) is 11.3. The maximum absolute atomic E-state index is 12.8. The van der Waals surface area contributed by atoms with Gasteiger partial charge in [-0.1, -0.05) is 0 Å². The second-order valence-electron chi connectivity index (χ2n) is 3.32. The number of hydrogen-bond donors (Lipinski definition) is 0. The molecule has 1 aromatic carbocycles. The molecule has 4 nitrogen and oxygen atoms in total. The van der Waals surface area contributed by atoms with E-state index in [1.807, 2.05) is 0 Å². The lowest BCUT2D eigenvalue weighted by molar-refractivity contribution is 0.0510. The molecular formula is C12H11FN2O2. The molecule has 0 fully saturated rings. The highest BCUT2D eigenvalue weighted by Crippen LogP contribution is 2.12. The Morgan fingerprint density at radius 2 is 2.12 bits per heavy atom. The van der Waals surface area contributed by atoms with Crippen LogP contribution in [0.4, 0.5) is 4.39 Å². The molecule has 0 aliphatic heterocycles. The number of halogens is 1. The molecule has 0 bridgehead atoms.